The van der Waals surface area contributed by atoms with Crippen LogP contribution in [0.4, 0.5) is 0 Å². The van der Waals surface area contributed by atoms with Crippen molar-refractivity contribution in [1.29, 1.82) is 0 Å². The van der Waals surface area contributed by atoms with E-state index in [0.717, 1.165) is 107 Å². The molecule has 0 atom stereocenters. The fourth-order valence-corrected chi connectivity index (χ4v) is 10.4. The normalized spacial score (nSPS) is 13.0. The summed E-state index contributed by atoms with van der Waals surface area (Å²) >= 11 is 2.96. The summed E-state index contributed by atoms with van der Waals surface area (Å²) in [6.07, 6.45) is 9.85. The SMILES string of the molecule is CCC[I-]C.Cc1noc(C)c1-c1cc(-c2cccnc2-c2ccccc2)c2nc(C3CC3)[nH]c2c1.Cc1noc(C)c1-c1cc(I)c2nc(C3CC3)[nH]c2c1.O[B]Oc1cccnc1-c1ccccc1. The maximum Gasteiger partial charge on any atom is 0.569 e. The Balaban J connectivity index is 0.000000134. The molecule has 0 unspecified atom stereocenters. The molecule has 0 bridgehead atoms. The smallest absolute Gasteiger partial charge is 0.536 e. The first kappa shape index (κ1) is 49.8. The zero-order valence-electron chi connectivity index (χ0n) is 40.6. The summed E-state index contributed by atoms with van der Waals surface area (Å²) in [6.45, 7) is 10.1. The second kappa shape index (κ2) is 22.9. The topological polar surface area (TPSA) is 165 Å². The van der Waals surface area contributed by atoms with Crippen LogP contribution >= 0.6 is 22.6 Å². The van der Waals surface area contributed by atoms with Gasteiger partial charge in [0.05, 0.1) is 33.6 Å². The van der Waals surface area contributed by atoms with E-state index >= 15 is 0 Å². The van der Waals surface area contributed by atoms with Crippen molar-refractivity contribution in [1.82, 2.24) is 40.2 Å². The minimum absolute atomic E-state index is 0.534. The number of aromatic nitrogens is 8. The molecule has 2 aliphatic rings. The number of hydrogen-bond donors (Lipinski definition) is 3. The van der Waals surface area contributed by atoms with E-state index in [2.05, 4.69) is 102 Å². The van der Waals surface area contributed by atoms with Crippen molar-refractivity contribution in [3.63, 3.8) is 0 Å². The second-order valence-corrected chi connectivity index (χ2v) is 21.4. The first-order valence-corrected chi connectivity index (χ1v) is 28.6. The summed E-state index contributed by atoms with van der Waals surface area (Å²) < 4.78 is 18.4. The molecule has 0 saturated heterocycles. The zero-order valence-corrected chi connectivity index (χ0v) is 44.9. The van der Waals surface area contributed by atoms with Crippen molar-refractivity contribution in [3.05, 3.63) is 160 Å². The van der Waals surface area contributed by atoms with Gasteiger partial charge in [0.1, 0.15) is 40.1 Å². The molecule has 0 spiro atoms. The van der Waals surface area contributed by atoms with Crippen molar-refractivity contribution in [2.45, 2.75) is 78.6 Å². The minimum Gasteiger partial charge on any atom is -0.536 e. The number of imidazole rings is 2. The van der Waals surface area contributed by atoms with Crippen LogP contribution < -0.4 is 25.9 Å². The van der Waals surface area contributed by atoms with E-state index in [1.807, 2.05) is 88.5 Å². The van der Waals surface area contributed by atoms with Crippen LogP contribution in [0.1, 0.15) is 85.4 Å². The Labute approximate surface area is 438 Å². The molecule has 6 heterocycles. The number of H-pyrrole nitrogens is 2. The van der Waals surface area contributed by atoms with Gasteiger partial charge in [-0.25, -0.2) is 9.97 Å². The van der Waals surface area contributed by atoms with E-state index in [-0.39, 0.29) is 0 Å². The van der Waals surface area contributed by atoms with Crippen LogP contribution in [0.5, 0.6) is 5.75 Å². The number of fused-ring (bicyclic) bond motifs is 2. The van der Waals surface area contributed by atoms with E-state index in [0.29, 0.717) is 52.2 Å². The Morgan fingerprint density at radius 3 is 1.68 bits per heavy atom. The molecule has 71 heavy (non-hydrogen) atoms. The third-order valence-electron chi connectivity index (χ3n) is 12.3. The van der Waals surface area contributed by atoms with Crippen LogP contribution in [-0.2, 0) is 0 Å². The number of nitrogens with zero attached hydrogens (tertiary/aromatic N) is 6. The van der Waals surface area contributed by atoms with Gasteiger partial charge in [-0.05, 0) is 130 Å². The number of halogens is 2. The Bertz CT molecular complexity index is 3340. The van der Waals surface area contributed by atoms with Gasteiger partial charge in [0.2, 0.25) is 0 Å². The number of alkyl halides is 2. The van der Waals surface area contributed by atoms with Gasteiger partial charge in [-0.1, -0.05) is 77.0 Å². The number of nitrogens with one attached hydrogen (secondary N) is 2. The van der Waals surface area contributed by atoms with Crippen molar-refractivity contribution in [2.75, 3.05) is 9.36 Å². The van der Waals surface area contributed by atoms with E-state index in [1.165, 1.54) is 40.1 Å². The van der Waals surface area contributed by atoms with Crippen molar-refractivity contribution >= 4 is 52.3 Å². The fourth-order valence-electron chi connectivity index (χ4n) is 8.61. The Hall–Kier alpha value is -6.18. The Morgan fingerprint density at radius 2 is 1.17 bits per heavy atom. The Kier molecular flexibility index (Phi) is 16.1. The van der Waals surface area contributed by atoms with Gasteiger partial charge in [0.25, 0.3) is 0 Å². The molecular weight excluding hydrogens is 1110 g/mol. The molecule has 361 valence electrons. The molecule has 0 aliphatic heterocycles. The van der Waals surface area contributed by atoms with Gasteiger partial charge < -0.3 is 28.7 Å². The molecular formula is C56H55BI2N8O4-. The summed E-state index contributed by atoms with van der Waals surface area (Å²) in [5.41, 5.74) is 16.2. The average molecular weight is 1170 g/mol. The van der Waals surface area contributed by atoms with Crippen LogP contribution in [0.15, 0.2) is 131 Å². The number of aryl methyl sites for hydroxylation is 4. The molecule has 12 nitrogen and oxygen atoms in total. The van der Waals surface area contributed by atoms with Crippen LogP contribution in [-0.4, -0.2) is 62.3 Å². The molecule has 1 radical (unpaired) electrons. The number of hydrogen-bond acceptors (Lipinski definition) is 10. The number of benzene rings is 4. The first-order valence-electron chi connectivity index (χ1n) is 23.8. The number of aromatic amines is 2. The molecule has 6 aromatic heterocycles. The van der Waals surface area contributed by atoms with Gasteiger partial charge >= 0.3 is 51.6 Å². The maximum atomic E-state index is 8.62. The molecule has 3 N–H and O–H groups in total. The fraction of sp³-hybridized carbons (Fsp3) is 0.250. The van der Waals surface area contributed by atoms with E-state index in [9.17, 15) is 0 Å². The minimum atomic E-state index is 0.534. The summed E-state index contributed by atoms with van der Waals surface area (Å²) in [5, 5.41) is 16.8. The first-order chi connectivity index (χ1) is 34.6. The van der Waals surface area contributed by atoms with Gasteiger partial charge in [-0.2, -0.15) is 0 Å². The van der Waals surface area contributed by atoms with Crippen molar-refractivity contribution in [2.24, 2.45) is 0 Å². The predicted molar refractivity (Wildman–Crippen MR) is 287 cm³/mol. The zero-order chi connectivity index (χ0) is 49.4. The Morgan fingerprint density at radius 1 is 0.648 bits per heavy atom. The van der Waals surface area contributed by atoms with E-state index in [4.69, 9.17) is 33.7 Å². The molecule has 2 fully saturated rings. The quantitative estimate of drug-likeness (QED) is 0.0645. The van der Waals surface area contributed by atoms with Gasteiger partial charge in [-0.3, -0.25) is 9.97 Å². The summed E-state index contributed by atoms with van der Waals surface area (Å²) in [4.78, 5) is 28.1. The van der Waals surface area contributed by atoms with Crippen LogP contribution in [0.25, 0.3) is 78.0 Å². The molecule has 2 aliphatic carbocycles. The summed E-state index contributed by atoms with van der Waals surface area (Å²) in [5.74, 6) is 5.61. The molecule has 15 heteroatoms. The third-order valence-corrected chi connectivity index (χ3v) is 15.2. The van der Waals surface area contributed by atoms with Crippen LogP contribution in [0.3, 0.4) is 0 Å². The summed E-state index contributed by atoms with van der Waals surface area (Å²) in [7, 11) is 0.656. The van der Waals surface area contributed by atoms with Gasteiger partial charge in [0, 0.05) is 61.2 Å². The largest absolute Gasteiger partial charge is 0.569 e. The standard InChI is InChI=1S/C26H22N4O.C15H14IN3O.C11H9BNO2.C4H10I/c1-15-23(16(2)31-30-15)19-13-21(25-22(14-19)28-26(29-25)18-10-11-18)20-9-6-12-27-24(20)17-7-4-3-5-8-17;1-7-13(8(2)20-19-7)10-5-11(16)14-12(6-10)17-15(18-14)9-3-4-9;14-12-15-10-7-4-8-13-11(10)9-5-2-1-3-6-9;1-3-4-5-2/h3-9,12-14,18H,10-11H2,1-2H3,(H,28,29);5-6,9H,3-4H2,1-2H3,(H,17,18);1-8,14H;3-4H2,1-2H3/q;;;-1. The van der Waals surface area contributed by atoms with Gasteiger partial charge in [-0.15, -0.1) is 0 Å². The number of pyridine rings is 2. The van der Waals surface area contributed by atoms with Crippen molar-refractivity contribution in [3.8, 4) is 61.6 Å². The molecule has 0 amide bonds. The molecule has 4 aromatic carbocycles. The molecule has 2 saturated carbocycles. The van der Waals surface area contributed by atoms with E-state index in [1.54, 1.807) is 18.3 Å². The van der Waals surface area contributed by atoms with Crippen LogP contribution in [0.2, 0.25) is 0 Å². The monoisotopic (exact) mass is 1170 g/mol. The average Bonchev–Trinajstić information content (AvgIpc) is 4.28. The second-order valence-electron chi connectivity index (χ2n) is 17.6. The van der Waals surface area contributed by atoms with Crippen molar-refractivity contribution < 1.29 is 39.9 Å². The molecule has 10 aromatic rings. The van der Waals surface area contributed by atoms with Crippen LogP contribution in [0, 0.1) is 31.3 Å². The maximum absolute atomic E-state index is 8.62. The molecule has 12 rings (SSSR count). The van der Waals surface area contributed by atoms with E-state index < -0.39 is 0 Å². The predicted octanol–water partition coefficient (Wildman–Crippen LogP) is 10.5. The van der Waals surface area contributed by atoms with Gasteiger partial charge in [0.15, 0.2) is 0 Å². The summed E-state index contributed by atoms with van der Waals surface area (Å²) in [6, 6.07) is 36.3. The number of rotatable bonds is 11. The third kappa shape index (κ3) is 11.6.